The minimum atomic E-state index is -1.06. The topological polar surface area (TPSA) is 59.7 Å². The fraction of sp³-hybridized carbons (Fsp3) is 0.214. The number of rotatable bonds is 5. The molecule has 0 aliphatic rings. The molecule has 1 aromatic heterocycles. The number of hydrogen-bond donors (Lipinski definition) is 1. The van der Waals surface area contributed by atoms with Crippen LogP contribution in [0.3, 0.4) is 0 Å². The maximum atomic E-state index is 10.8. The molecule has 0 amide bonds. The van der Waals surface area contributed by atoms with Crippen LogP contribution in [0.2, 0.25) is 0 Å². The Labute approximate surface area is 119 Å². The summed E-state index contributed by atoms with van der Waals surface area (Å²) in [7, 11) is 0. The van der Waals surface area contributed by atoms with Crippen LogP contribution in [0, 0.1) is 6.92 Å². The second kappa shape index (κ2) is 6.04. The number of benzene rings is 1. The van der Waals surface area contributed by atoms with E-state index in [9.17, 15) is 4.79 Å². The van der Waals surface area contributed by atoms with Crippen molar-refractivity contribution in [3.05, 3.63) is 57.5 Å². The minimum Gasteiger partial charge on any atom is -0.475 e. The number of aryl methyl sites for hydroxylation is 1. The van der Waals surface area contributed by atoms with E-state index in [0.717, 1.165) is 10.0 Å². The van der Waals surface area contributed by atoms with Crippen molar-refractivity contribution in [2.75, 3.05) is 0 Å². The standard InChI is InChI=1S/C14H13BrO4/c1-9-6-12(19-13(9)14(16)17)8-18-7-10-2-4-11(15)5-3-10/h2-6H,7-8H2,1H3,(H,16,17). The van der Waals surface area contributed by atoms with Gasteiger partial charge in [-0.1, -0.05) is 28.1 Å². The highest BCUT2D eigenvalue weighted by molar-refractivity contribution is 9.10. The number of hydrogen-bond acceptors (Lipinski definition) is 3. The highest BCUT2D eigenvalue weighted by Crippen LogP contribution is 2.16. The Bertz CT molecular complexity index is 572. The predicted molar refractivity (Wildman–Crippen MR) is 73.0 cm³/mol. The summed E-state index contributed by atoms with van der Waals surface area (Å²) in [6, 6.07) is 9.49. The van der Waals surface area contributed by atoms with E-state index in [-0.39, 0.29) is 12.4 Å². The van der Waals surface area contributed by atoms with E-state index in [1.807, 2.05) is 24.3 Å². The van der Waals surface area contributed by atoms with E-state index in [4.69, 9.17) is 14.3 Å². The SMILES string of the molecule is Cc1cc(COCc2ccc(Br)cc2)oc1C(=O)O. The first-order valence-electron chi connectivity index (χ1n) is 5.71. The molecular formula is C14H13BrO4. The fourth-order valence-corrected chi connectivity index (χ4v) is 1.95. The number of ether oxygens (including phenoxy) is 1. The minimum absolute atomic E-state index is 0.0257. The zero-order valence-corrected chi connectivity index (χ0v) is 11.9. The molecule has 1 N–H and O–H groups in total. The van der Waals surface area contributed by atoms with Crippen LogP contribution < -0.4 is 0 Å². The van der Waals surface area contributed by atoms with Gasteiger partial charge in [-0.2, -0.15) is 0 Å². The summed E-state index contributed by atoms with van der Waals surface area (Å²) in [6.45, 7) is 2.41. The monoisotopic (exact) mass is 324 g/mol. The Morgan fingerprint density at radius 3 is 2.58 bits per heavy atom. The normalized spacial score (nSPS) is 10.6. The largest absolute Gasteiger partial charge is 0.475 e. The first kappa shape index (κ1) is 13.8. The van der Waals surface area contributed by atoms with Gasteiger partial charge >= 0.3 is 5.97 Å². The number of aromatic carboxylic acids is 1. The van der Waals surface area contributed by atoms with Gasteiger partial charge in [-0.25, -0.2) is 4.79 Å². The lowest BCUT2D eigenvalue weighted by atomic mass is 10.2. The molecule has 0 aliphatic carbocycles. The van der Waals surface area contributed by atoms with Crippen molar-refractivity contribution in [3.63, 3.8) is 0 Å². The molecule has 1 heterocycles. The molecule has 0 bridgehead atoms. The van der Waals surface area contributed by atoms with Crippen molar-refractivity contribution in [3.8, 4) is 0 Å². The van der Waals surface area contributed by atoms with Crippen molar-refractivity contribution < 1.29 is 19.1 Å². The van der Waals surface area contributed by atoms with E-state index in [2.05, 4.69) is 15.9 Å². The number of carbonyl (C=O) groups is 1. The number of carboxylic acid groups (broad SMARTS) is 1. The van der Waals surface area contributed by atoms with Crippen molar-refractivity contribution in [1.82, 2.24) is 0 Å². The Kier molecular flexibility index (Phi) is 4.39. The third kappa shape index (κ3) is 3.68. The lowest BCUT2D eigenvalue weighted by Gasteiger charge is -2.02. The maximum Gasteiger partial charge on any atom is 0.372 e. The highest BCUT2D eigenvalue weighted by Gasteiger charge is 2.14. The highest BCUT2D eigenvalue weighted by atomic mass is 79.9. The van der Waals surface area contributed by atoms with Gasteiger partial charge in [0.15, 0.2) is 0 Å². The second-order valence-electron chi connectivity index (χ2n) is 4.15. The summed E-state index contributed by atoms with van der Waals surface area (Å²) in [4.78, 5) is 10.8. The fourth-order valence-electron chi connectivity index (χ4n) is 1.68. The molecule has 0 aliphatic heterocycles. The molecule has 0 unspecified atom stereocenters. The first-order valence-corrected chi connectivity index (χ1v) is 6.50. The second-order valence-corrected chi connectivity index (χ2v) is 5.06. The molecule has 2 aromatic rings. The Balaban J connectivity index is 1.90. The van der Waals surface area contributed by atoms with Crippen LogP contribution in [0.1, 0.15) is 27.4 Å². The van der Waals surface area contributed by atoms with Crippen molar-refractivity contribution >= 4 is 21.9 Å². The van der Waals surface area contributed by atoms with Crippen molar-refractivity contribution in [2.45, 2.75) is 20.1 Å². The molecule has 1 aromatic carbocycles. The van der Waals surface area contributed by atoms with Gasteiger partial charge in [0, 0.05) is 10.0 Å². The Morgan fingerprint density at radius 2 is 2.00 bits per heavy atom. The van der Waals surface area contributed by atoms with Crippen LogP contribution in [0.25, 0.3) is 0 Å². The molecule has 0 saturated heterocycles. The molecule has 2 rings (SSSR count). The molecule has 19 heavy (non-hydrogen) atoms. The molecule has 0 saturated carbocycles. The summed E-state index contributed by atoms with van der Waals surface area (Å²) < 4.78 is 11.7. The van der Waals surface area contributed by atoms with Gasteiger partial charge in [0.25, 0.3) is 0 Å². The van der Waals surface area contributed by atoms with E-state index in [1.165, 1.54) is 0 Å². The molecule has 4 nitrogen and oxygen atoms in total. The van der Waals surface area contributed by atoms with Gasteiger partial charge in [0.2, 0.25) is 5.76 Å². The lowest BCUT2D eigenvalue weighted by Crippen LogP contribution is -1.95. The predicted octanol–water partition coefficient (Wildman–Crippen LogP) is 3.77. The Morgan fingerprint density at radius 1 is 1.32 bits per heavy atom. The molecular weight excluding hydrogens is 312 g/mol. The van der Waals surface area contributed by atoms with Gasteiger partial charge in [-0.05, 0) is 30.7 Å². The van der Waals surface area contributed by atoms with Gasteiger partial charge < -0.3 is 14.3 Å². The van der Waals surface area contributed by atoms with E-state index in [0.29, 0.717) is 17.9 Å². The smallest absolute Gasteiger partial charge is 0.372 e. The van der Waals surface area contributed by atoms with Gasteiger partial charge in [0.05, 0.1) is 6.61 Å². The third-order valence-corrected chi connectivity index (χ3v) is 3.12. The third-order valence-electron chi connectivity index (χ3n) is 2.59. The van der Waals surface area contributed by atoms with Crippen molar-refractivity contribution in [2.24, 2.45) is 0 Å². The van der Waals surface area contributed by atoms with E-state index >= 15 is 0 Å². The van der Waals surface area contributed by atoms with Crippen LogP contribution >= 0.6 is 15.9 Å². The van der Waals surface area contributed by atoms with Crippen LogP contribution in [-0.4, -0.2) is 11.1 Å². The van der Waals surface area contributed by atoms with Crippen LogP contribution in [0.5, 0.6) is 0 Å². The van der Waals surface area contributed by atoms with E-state index < -0.39 is 5.97 Å². The molecule has 100 valence electrons. The summed E-state index contributed by atoms with van der Waals surface area (Å²) in [6.07, 6.45) is 0. The van der Waals surface area contributed by atoms with Crippen LogP contribution in [0.15, 0.2) is 39.2 Å². The quantitative estimate of drug-likeness (QED) is 0.909. The summed E-state index contributed by atoms with van der Waals surface area (Å²) in [5.74, 6) is -0.564. The number of halogens is 1. The average Bonchev–Trinajstić information content (AvgIpc) is 2.73. The molecule has 0 fully saturated rings. The molecule has 5 heteroatoms. The van der Waals surface area contributed by atoms with Crippen molar-refractivity contribution in [1.29, 1.82) is 0 Å². The lowest BCUT2D eigenvalue weighted by molar-refractivity contribution is 0.0640. The first-order chi connectivity index (χ1) is 9.06. The molecule has 0 atom stereocenters. The summed E-state index contributed by atoms with van der Waals surface area (Å²) in [5.41, 5.74) is 1.65. The summed E-state index contributed by atoms with van der Waals surface area (Å²) in [5, 5.41) is 8.87. The van der Waals surface area contributed by atoms with Crippen LogP contribution in [-0.2, 0) is 18.0 Å². The molecule has 0 spiro atoms. The number of furan rings is 1. The van der Waals surface area contributed by atoms with E-state index in [1.54, 1.807) is 13.0 Å². The van der Waals surface area contributed by atoms with Gasteiger partial charge in [0.1, 0.15) is 12.4 Å². The number of carboxylic acids is 1. The van der Waals surface area contributed by atoms with Gasteiger partial charge in [-0.15, -0.1) is 0 Å². The van der Waals surface area contributed by atoms with Gasteiger partial charge in [-0.3, -0.25) is 0 Å². The average molecular weight is 325 g/mol. The zero-order chi connectivity index (χ0) is 13.8. The zero-order valence-electron chi connectivity index (χ0n) is 10.4. The Hall–Kier alpha value is -1.59. The van der Waals surface area contributed by atoms with Crippen LogP contribution in [0.4, 0.5) is 0 Å². The maximum absolute atomic E-state index is 10.8. The summed E-state index contributed by atoms with van der Waals surface area (Å²) >= 11 is 3.36. The molecule has 0 radical (unpaired) electrons.